The second-order valence-electron chi connectivity index (χ2n) is 9.71. The highest BCUT2D eigenvalue weighted by Crippen LogP contribution is 2.41. The highest BCUT2D eigenvalue weighted by Gasteiger charge is 2.31. The zero-order chi connectivity index (χ0) is 25.0. The molecule has 0 aromatic heterocycles. The quantitative estimate of drug-likeness (QED) is 0.287. The summed E-state index contributed by atoms with van der Waals surface area (Å²) in [6.07, 6.45) is 25.9. The Labute approximate surface area is 201 Å². The molecule has 33 heavy (non-hydrogen) atoms. The van der Waals surface area contributed by atoms with Crippen molar-refractivity contribution in [3.05, 3.63) is 106 Å². The first-order chi connectivity index (χ1) is 15.4. The molecule has 0 aromatic carbocycles. The molecule has 0 heterocycles. The number of carbonyl (C=O) groups excluding carboxylic acids is 1. The average Bonchev–Trinajstić information content (AvgIpc) is 2.69. The molecule has 0 bridgehead atoms. The van der Waals surface area contributed by atoms with Gasteiger partial charge in [-0.1, -0.05) is 109 Å². The van der Waals surface area contributed by atoms with Crippen LogP contribution in [0.25, 0.3) is 0 Å². The van der Waals surface area contributed by atoms with Gasteiger partial charge >= 0.3 is 0 Å². The van der Waals surface area contributed by atoms with Gasteiger partial charge in [-0.05, 0) is 70.9 Å². The highest BCUT2D eigenvalue weighted by atomic mass is 16.3. The SMILES string of the molecule is CC(=O)/C(C)=C/C=C/C(C)=C/C=C/C=C(C)C=CC=C(C)C=CC1=C(C)CC(O)CC1(C)C. The number of hydrogen-bond acceptors (Lipinski definition) is 2. The molecule has 0 fully saturated rings. The molecule has 0 aliphatic heterocycles. The molecule has 0 saturated heterocycles. The smallest absolute Gasteiger partial charge is 0.155 e. The van der Waals surface area contributed by atoms with E-state index < -0.39 is 0 Å². The number of ketones is 1. The largest absolute Gasteiger partial charge is 0.393 e. The van der Waals surface area contributed by atoms with Crippen molar-refractivity contribution < 1.29 is 9.90 Å². The summed E-state index contributed by atoms with van der Waals surface area (Å²) < 4.78 is 0. The third-order valence-corrected chi connectivity index (χ3v) is 5.80. The molecule has 178 valence electrons. The number of carbonyl (C=O) groups is 1. The molecule has 1 aliphatic carbocycles. The minimum absolute atomic E-state index is 0.00676. The summed E-state index contributed by atoms with van der Waals surface area (Å²) in [7, 11) is 0. The van der Waals surface area contributed by atoms with Crippen LogP contribution in [-0.2, 0) is 4.79 Å². The zero-order valence-corrected chi connectivity index (χ0v) is 21.8. The second-order valence-corrected chi connectivity index (χ2v) is 9.71. The van der Waals surface area contributed by atoms with Crippen LogP contribution in [0.4, 0.5) is 0 Å². The van der Waals surface area contributed by atoms with E-state index in [4.69, 9.17) is 0 Å². The Hall–Kier alpha value is -2.71. The fraction of sp³-hybridized carbons (Fsp3) is 0.387. The van der Waals surface area contributed by atoms with Crippen molar-refractivity contribution in [1.82, 2.24) is 0 Å². The maximum absolute atomic E-state index is 11.2. The van der Waals surface area contributed by atoms with Gasteiger partial charge in [-0.25, -0.2) is 0 Å². The van der Waals surface area contributed by atoms with Crippen LogP contribution in [0.3, 0.4) is 0 Å². The first kappa shape index (κ1) is 28.3. The van der Waals surface area contributed by atoms with Crippen molar-refractivity contribution in [2.75, 3.05) is 0 Å². The van der Waals surface area contributed by atoms with Gasteiger partial charge in [0.2, 0.25) is 0 Å². The summed E-state index contributed by atoms with van der Waals surface area (Å²) in [4.78, 5) is 11.2. The Morgan fingerprint density at radius 1 is 0.818 bits per heavy atom. The number of aliphatic hydroxyl groups is 1. The normalized spacial score (nSPS) is 21.4. The molecule has 1 rings (SSSR count). The monoisotopic (exact) mass is 446 g/mol. The first-order valence-electron chi connectivity index (χ1n) is 11.7. The van der Waals surface area contributed by atoms with E-state index in [1.807, 2.05) is 50.3 Å². The summed E-state index contributed by atoms with van der Waals surface area (Å²) in [6.45, 7) is 16.2. The summed E-state index contributed by atoms with van der Waals surface area (Å²) in [5, 5.41) is 10.0. The summed E-state index contributed by atoms with van der Waals surface area (Å²) >= 11 is 0. The Kier molecular flexibility index (Phi) is 11.8. The summed E-state index contributed by atoms with van der Waals surface area (Å²) in [5.74, 6) is 0.0947. The van der Waals surface area contributed by atoms with Crippen LogP contribution >= 0.6 is 0 Å². The standard InChI is InChI=1S/C31H42O2/c1-23(13-9-10-14-24(2)17-12-18-26(4)28(6)32)15-11-16-25(3)19-20-30-27(5)21-29(33)22-31(30,7)8/h9-20,29,33H,21-22H2,1-8H3/b10-9+,15-11?,17-12+,20-19?,23-13?,24-14+,25-16?,26-18+. The Morgan fingerprint density at radius 3 is 1.82 bits per heavy atom. The van der Waals surface area contributed by atoms with E-state index in [-0.39, 0.29) is 17.3 Å². The fourth-order valence-corrected chi connectivity index (χ4v) is 3.79. The molecule has 0 aromatic rings. The molecule has 0 saturated carbocycles. The number of rotatable bonds is 9. The van der Waals surface area contributed by atoms with E-state index in [9.17, 15) is 9.90 Å². The molecule has 2 nitrogen and oxygen atoms in total. The van der Waals surface area contributed by atoms with Gasteiger partial charge in [0.1, 0.15) is 0 Å². The molecule has 0 radical (unpaired) electrons. The van der Waals surface area contributed by atoms with Gasteiger partial charge < -0.3 is 5.11 Å². The predicted molar refractivity (Wildman–Crippen MR) is 144 cm³/mol. The second kappa shape index (κ2) is 13.7. The van der Waals surface area contributed by atoms with E-state index in [2.05, 4.69) is 71.1 Å². The van der Waals surface area contributed by atoms with Crippen molar-refractivity contribution in [1.29, 1.82) is 0 Å². The lowest BCUT2D eigenvalue weighted by atomic mass is 9.71. The van der Waals surface area contributed by atoms with Crippen molar-refractivity contribution in [2.24, 2.45) is 5.41 Å². The van der Waals surface area contributed by atoms with E-state index in [1.54, 1.807) is 6.92 Å². The number of allylic oxidation sites excluding steroid dienone is 17. The van der Waals surface area contributed by atoms with Crippen LogP contribution in [0, 0.1) is 5.41 Å². The lowest BCUT2D eigenvalue weighted by molar-refractivity contribution is -0.113. The minimum Gasteiger partial charge on any atom is -0.393 e. The number of Topliss-reactive ketones (excluding diaryl/α,β-unsaturated/α-hetero) is 1. The third kappa shape index (κ3) is 11.1. The van der Waals surface area contributed by atoms with Crippen LogP contribution in [0.2, 0.25) is 0 Å². The molecule has 1 N–H and O–H groups in total. The van der Waals surface area contributed by atoms with Gasteiger partial charge in [-0.15, -0.1) is 0 Å². The van der Waals surface area contributed by atoms with Crippen molar-refractivity contribution in [2.45, 2.75) is 74.3 Å². The number of aliphatic hydroxyl groups excluding tert-OH is 1. The third-order valence-electron chi connectivity index (χ3n) is 5.80. The van der Waals surface area contributed by atoms with E-state index in [1.165, 1.54) is 22.3 Å². The summed E-state index contributed by atoms with van der Waals surface area (Å²) in [5.41, 5.74) is 6.86. The Morgan fingerprint density at radius 2 is 1.30 bits per heavy atom. The summed E-state index contributed by atoms with van der Waals surface area (Å²) in [6, 6.07) is 0. The molecule has 2 heteroatoms. The van der Waals surface area contributed by atoms with Crippen molar-refractivity contribution in [3.63, 3.8) is 0 Å². The zero-order valence-electron chi connectivity index (χ0n) is 21.8. The van der Waals surface area contributed by atoms with Gasteiger partial charge in [-0.3, -0.25) is 4.79 Å². The molecule has 1 aliphatic rings. The maximum Gasteiger partial charge on any atom is 0.155 e. The lowest BCUT2D eigenvalue weighted by Crippen LogP contribution is -2.28. The van der Waals surface area contributed by atoms with E-state index in [0.717, 1.165) is 24.0 Å². The van der Waals surface area contributed by atoms with Crippen LogP contribution in [0.5, 0.6) is 0 Å². The van der Waals surface area contributed by atoms with Crippen LogP contribution in [0.15, 0.2) is 106 Å². The lowest BCUT2D eigenvalue weighted by Gasteiger charge is -2.35. The van der Waals surface area contributed by atoms with Crippen LogP contribution in [-0.4, -0.2) is 17.0 Å². The molecule has 1 unspecified atom stereocenters. The first-order valence-corrected chi connectivity index (χ1v) is 11.7. The van der Waals surface area contributed by atoms with Gasteiger partial charge in [0.25, 0.3) is 0 Å². The van der Waals surface area contributed by atoms with Gasteiger partial charge in [0.05, 0.1) is 6.10 Å². The van der Waals surface area contributed by atoms with Gasteiger partial charge in [0, 0.05) is 0 Å². The molecule has 1 atom stereocenters. The molecular formula is C31H42O2. The number of hydrogen-bond donors (Lipinski definition) is 1. The van der Waals surface area contributed by atoms with Gasteiger partial charge in [0.15, 0.2) is 5.78 Å². The fourth-order valence-electron chi connectivity index (χ4n) is 3.79. The van der Waals surface area contributed by atoms with E-state index in [0.29, 0.717) is 0 Å². The van der Waals surface area contributed by atoms with Crippen LogP contribution < -0.4 is 0 Å². The average molecular weight is 447 g/mol. The van der Waals surface area contributed by atoms with Crippen molar-refractivity contribution >= 4 is 5.78 Å². The van der Waals surface area contributed by atoms with E-state index >= 15 is 0 Å². The maximum atomic E-state index is 11.2. The Balaban J connectivity index is 2.68. The molecule has 0 spiro atoms. The molecular weight excluding hydrogens is 404 g/mol. The Bertz CT molecular complexity index is 966. The highest BCUT2D eigenvalue weighted by molar-refractivity contribution is 5.92. The minimum atomic E-state index is -0.226. The predicted octanol–water partition coefficient (Wildman–Crippen LogP) is 8.08. The van der Waals surface area contributed by atoms with Crippen LogP contribution in [0.1, 0.15) is 68.2 Å². The molecule has 0 amide bonds. The van der Waals surface area contributed by atoms with Crippen molar-refractivity contribution in [3.8, 4) is 0 Å². The topological polar surface area (TPSA) is 37.3 Å². The van der Waals surface area contributed by atoms with Gasteiger partial charge in [-0.2, -0.15) is 0 Å².